The lowest BCUT2D eigenvalue weighted by molar-refractivity contribution is 0.0635. The number of hydroxylamine groups is 1. The monoisotopic (exact) mass is 398 g/mol. The van der Waals surface area contributed by atoms with Crippen molar-refractivity contribution in [2.45, 2.75) is 26.4 Å². The predicted molar refractivity (Wildman–Crippen MR) is 107 cm³/mol. The normalized spacial score (nSPS) is 11.0. The van der Waals surface area contributed by atoms with E-state index in [1.807, 2.05) is 0 Å². The van der Waals surface area contributed by atoms with Crippen molar-refractivity contribution in [3.63, 3.8) is 0 Å². The van der Waals surface area contributed by atoms with Crippen LogP contribution >= 0.6 is 0 Å². The second-order valence-electron chi connectivity index (χ2n) is 6.97. The SMILES string of the molecule is CC(C)(C)OC(=O)Nc1cccc(/C=N/NC(=O)c2cccc(C(=O)NO)c2)c1. The van der Waals surface area contributed by atoms with Gasteiger partial charge in [0.1, 0.15) is 5.60 Å². The van der Waals surface area contributed by atoms with Gasteiger partial charge < -0.3 is 4.74 Å². The maximum Gasteiger partial charge on any atom is 0.412 e. The summed E-state index contributed by atoms with van der Waals surface area (Å²) in [6.45, 7) is 5.30. The number of hydrazone groups is 1. The van der Waals surface area contributed by atoms with E-state index in [0.29, 0.717) is 11.3 Å². The molecule has 0 aliphatic carbocycles. The number of benzene rings is 2. The Bertz CT molecular complexity index is 934. The Balaban J connectivity index is 1.99. The number of hydrogen-bond acceptors (Lipinski definition) is 6. The van der Waals surface area contributed by atoms with Crippen LogP contribution in [0.5, 0.6) is 0 Å². The molecule has 152 valence electrons. The van der Waals surface area contributed by atoms with Gasteiger partial charge in [-0.25, -0.2) is 15.7 Å². The lowest BCUT2D eigenvalue weighted by Gasteiger charge is -2.19. The lowest BCUT2D eigenvalue weighted by Crippen LogP contribution is -2.27. The Labute approximate surface area is 167 Å². The number of hydrogen-bond donors (Lipinski definition) is 4. The van der Waals surface area contributed by atoms with Crippen LogP contribution in [0, 0.1) is 0 Å². The molecule has 0 unspecified atom stereocenters. The average Bonchev–Trinajstić information content (AvgIpc) is 2.66. The first-order valence-electron chi connectivity index (χ1n) is 8.66. The summed E-state index contributed by atoms with van der Waals surface area (Å²) in [6.07, 6.45) is 0.828. The first-order chi connectivity index (χ1) is 13.7. The summed E-state index contributed by atoms with van der Waals surface area (Å²) >= 11 is 0. The van der Waals surface area contributed by atoms with Crippen LogP contribution < -0.4 is 16.2 Å². The van der Waals surface area contributed by atoms with E-state index in [1.165, 1.54) is 36.0 Å². The molecule has 0 bridgehead atoms. The highest BCUT2D eigenvalue weighted by atomic mass is 16.6. The summed E-state index contributed by atoms with van der Waals surface area (Å²) in [6, 6.07) is 12.6. The number of anilines is 1. The van der Waals surface area contributed by atoms with Crippen LogP contribution in [0.1, 0.15) is 47.1 Å². The molecule has 2 aromatic rings. The van der Waals surface area contributed by atoms with Crippen molar-refractivity contribution in [2.24, 2.45) is 5.10 Å². The summed E-state index contributed by atoms with van der Waals surface area (Å²) in [5, 5.41) is 15.2. The molecule has 4 N–H and O–H groups in total. The third kappa shape index (κ3) is 7.07. The molecule has 9 nitrogen and oxygen atoms in total. The number of rotatable bonds is 5. The van der Waals surface area contributed by atoms with E-state index < -0.39 is 23.5 Å². The quantitative estimate of drug-likeness (QED) is 0.350. The lowest BCUT2D eigenvalue weighted by atomic mass is 10.1. The molecule has 0 saturated carbocycles. The molecule has 0 aliphatic rings. The average molecular weight is 398 g/mol. The van der Waals surface area contributed by atoms with Crippen molar-refractivity contribution in [1.82, 2.24) is 10.9 Å². The molecule has 0 spiro atoms. The molecule has 3 amide bonds. The van der Waals surface area contributed by atoms with E-state index in [-0.39, 0.29) is 11.1 Å². The molecule has 0 radical (unpaired) electrons. The molecule has 0 fully saturated rings. The largest absolute Gasteiger partial charge is 0.444 e. The Morgan fingerprint density at radius 3 is 2.31 bits per heavy atom. The van der Waals surface area contributed by atoms with Crippen LogP contribution in [0.25, 0.3) is 0 Å². The maximum atomic E-state index is 12.2. The second kappa shape index (κ2) is 9.47. The Morgan fingerprint density at radius 1 is 1.00 bits per heavy atom. The number of carbonyl (C=O) groups is 3. The molecule has 0 atom stereocenters. The van der Waals surface area contributed by atoms with Crippen LogP contribution in [0.2, 0.25) is 0 Å². The maximum absolute atomic E-state index is 12.2. The van der Waals surface area contributed by atoms with E-state index in [0.717, 1.165) is 0 Å². The smallest absolute Gasteiger partial charge is 0.412 e. The van der Waals surface area contributed by atoms with Crippen molar-refractivity contribution < 1.29 is 24.3 Å². The van der Waals surface area contributed by atoms with Gasteiger partial charge in [0.2, 0.25) is 0 Å². The first-order valence-corrected chi connectivity index (χ1v) is 8.66. The van der Waals surface area contributed by atoms with Crippen molar-refractivity contribution in [1.29, 1.82) is 0 Å². The number of amides is 3. The number of nitrogens with zero attached hydrogens (tertiary/aromatic N) is 1. The summed E-state index contributed by atoms with van der Waals surface area (Å²) in [5.41, 5.74) is 4.71. The summed E-state index contributed by atoms with van der Waals surface area (Å²) in [4.78, 5) is 35.4. The fourth-order valence-electron chi connectivity index (χ4n) is 2.21. The van der Waals surface area contributed by atoms with E-state index in [9.17, 15) is 14.4 Å². The fourth-order valence-corrected chi connectivity index (χ4v) is 2.21. The van der Waals surface area contributed by atoms with Gasteiger partial charge in [-0.3, -0.25) is 20.1 Å². The van der Waals surface area contributed by atoms with Crippen molar-refractivity contribution in [3.05, 3.63) is 65.2 Å². The summed E-state index contributed by atoms with van der Waals surface area (Å²) in [5.74, 6) is -1.26. The number of ether oxygens (including phenoxy) is 1. The standard InChI is InChI=1S/C20H22N4O5/c1-20(2,3)29-19(27)22-16-9-4-6-13(10-16)12-21-23-17(25)14-7-5-8-15(11-14)18(26)24-28/h4-12,28H,1-3H3,(H,22,27)(H,23,25)(H,24,26)/b21-12+. The van der Waals surface area contributed by atoms with Crippen LogP contribution in [0.3, 0.4) is 0 Å². The van der Waals surface area contributed by atoms with Crippen molar-refractivity contribution in [3.8, 4) is 0 Å². The molecule has 0 saturated heterocycles. The van der Waals surface area contributed by atoms with Gasteiger partial charge in [0.25, 0.3) is 11.8 Å². The van der Waals surface area contributed by atoms with Gasteiger partial charge >= 0.3 is 6.09 Å². The molecule has 0 aliphatic heterocycles. The molecule has 0 heterocycles. The predicted octanol–water partition coefficient (Wildman–Crippen LogP) is 2.92. The zero-order valence-corrected chi connectivity index (χ0v) is 16.2. The Hall–Kier alpha value is -3.72. The van der Waals surface area contributed by atoms with E-state index in [4.69, 9.17) is 9.94 Å². The number of carbonyl (C=O) groups excluding carboxylic acids is 3. The molecule has 29 heavy (non-hydrogen) atoms. The molecular formula is C20H22N4O5. The van der Waals surface area contributed by atoms with Crippen LogP contribution in [0.15, 0.2) is 53.6 Å². The van der Waals surface area contributed by atoms with Crippen LogP contribution in [-0.4, -0.2) is 34.9 Å². The Morgan fingerprint density at radius 2 is 1.66 bits per heavy atom. The second-order valence-corrected chi connectivity index (χ2v) is 6.97. The Kier molecular flexibility index (Phi) is 7.05. The van der Waals surface area contributed by atoms with E-state index in [2.05, 4.69) is 15.8 Å². The molecular weight excluding hydrogens is 376 g/mol. The molecule has 2 rings (SSSR count). The van der Waals surface area contributed by atoms with Gasteiger partial charge in [-0.15, -0.1) is 0 Å². The van der Waals surface area contributed by atoms with Crippen LogP contribution in [0.4, 0.5) is 10.5 Å². The summed E-state index contributed by atoms with van der Waals surface area (Å²) in [7, 11) is 0. The van der Waals surface area contributed by atoms with E-state index in [1.54, 1.807) is 45.0 Å². The molecule has 9 heteroatoms. The third-order valence-corrected chi connectivity index (χ3v) is 3.40. The van der Waals surface area contributed by atoms with Gasteiger partial charge in [0, 0.05) is 16.8 Å². The number of nitrogens with one attached hydrogen (secondary N) is 3. The highest BCUT2D eigenvalue weighted by Gasteiger charge is 2.16. The van der Waals surface area contributed by atoms with Gasteiger partial charge in [0.15, 0.2) is 0 Å². The third-order valence-electron chi connectivity index (χ3n) is 3.40. The molecule has 0 aromatic heterocycles. The van der Waals surface area contributed by atoms with Gasteiger partial charge in [-0.1, -0.05) is 18.2 Å². The van der Waals surface area contributed by atoms with Gasteiger partial charge in [-0.2, -0.15) is 5.10 Å². The molecule has 2 aromatic carbocycles. The summed E-state index contributed by atoms with van der Waals surface area (Å²) < 4.78 is 5.19. The zero-order valence-electron chi connectivity index (χ0n) is 16.2. The first kappa shape index (κ1) is 21.6. The van der Waals surface area contributed by atoms with Crippen molar-refractivity contribution in [2.75, 3.05) is 5.32 Å². The van der Waals surface area contributed by atoms with Gasteiger partial charge in [0.05, 0.1) is 6.21 Å². The minimum Gasteiger partial charge on any atom is -0.444 e. The minimum absolute atomic E-state index is 0.130. The minimum atomic E-state index is -0.725. The highest BCUT2D eigenvalue weighted by molar-refractivity contribution is 5.99. The van der Waals surface area contributed by atoms with Crippen LogP contribution in [-0.2, 0) is 4.74 Å². The van der Waals surface area contributed by atoms with Crippen molar-refractivity contribution >= 4 is 29.8 Å². The highest BCUT2D eigenvalue weighted by Crippen LogP contribution is 2.13. The fraction of sp³-hybridized carbons (Fsp3) is 0.200. The van der Waals surface area contributed by atoms with E-state index >= 15 is 0 Å². The zero-order chi connectivity index (χ0) is 21.4. The van der Waals surface area contributed by atoms with Gasteiger partial charge in [-0.05, 0) is 56.7 Å². The topological polar surface area (TPSA) is 129 Å².